The first-order chi connectivity index (χ1) is 9.29. The van der Waals surface area contributed by atoms with Gasteiger partial charge >= 0.3 is 0 Å². The van der Waals surface area contributed by atoms with E-state index in [0.29, 0.717) is 18.7 Å². The highest BCUT2D eigenvalue weighted by Crippen LogP contribution is 2.18. The molecule has 0 unspecified atom stereocenters. The number of aryl methyl sites for hydroxylation is 1. The number of carbonyl (C=O) groups is 2. The molecule has 20 heavy (non-hydrogen) atoms. The molecule has 1 aromatic rings. The van der Waals surface area contributed by atoms with Gasteiger partial charge in [0, 0.05) is 24.2 Å². The SMILES string of the molecule is Cc1cccc(C(=O)N2CCN(C(C)(C)C)C(=O)C2)c1. The number of amides is 2. The highest BCUT2D eigenvalue weighted by atomic mass is 16.2. The molecular weight excluding hydrogens is 252 g/mol. The van der Waals surface area contributed by atoms with Gasteiger partial charge in [0.1, 0.15) is 6.54 Å². The molecule has 0 saturated carbocycles. The normalized spacial score (nSPS) is 16.5. The minimum Gasteiger partial charge on any atom is -0.335 e. The zero-order valence-corrected chi connectivity index (χ0v) is 12.6. The Labute approximate surface area is 120 Å². The van der Waals surface area contributed by atoms with Gasteiger partial charge in [0.05, 0.1) is 0 Å². The Bertz CT molecular complexity index is 532. The van der Waals surface area contributed by atoms with Gasteiger partial charge in [-0.15, -0.1) is 0 Å². The molecule has 0 bridgehead atoms. The summed E-state index contributed by atoms with van der Waals surface area (Å²) >= 11 is 0. The summed E-state index contributed by atoms with van der Waals surface area (Å²) in [4.78, 5) is 28.1. The molecule has 1 fully saturated rings. The third kappa shape index (κ3) is 3.00. The molecular formula is C16H22N2O2. The number of carbonyl (C=O) groups excluding carboxylic acids is 2. The van der Waals surface area contributed by atoms with Gasteiger partial charge in [-0.2, -0.15) is 0 Å². The summed E-state index contributed by atoms with van der Waals surface area (Å²) in [6, 6.07) is 7.49. The molecule has 1 heterocycles. The molecule has 0 radical (unpaired) electrons. The third-order valence-electron chi connectivity index (χ3n) is 3.58. The summed E-state index contributed by atoms with van der Waals surface area (Å²) in [7, 11) is 0. The van der Waals surface area contributed by atoms with Crippen LogP contribution in [-0.4, -0.2) is 46.8 Å². The van der Waals surface area contributed by atoms with Crippen LogP contribution in [0.4, 0.5) is 0 Å². The molecule has 0 N–H and O–H groups in total. The zero-order chi connectivity index (χ0) is 14.9. The maximum atomic E-state index is 12.4. The van der Waals surface area contributed by atoms with Crippen LogP contribution in [0.1, 0.15) is 36.7 Å². The molecule has 2 amide bonds. The van der Waals surface area contributed by atoms with Crippen LogP contribution in [-0.2, 0) is 4.79 Å². The van der Waals surface area contributed by atoms with Gasteiger partial charge in [-0.3, -0.25) is 9.59 Å². The van der Waals surface area contributed by atoms with Crippen LogP contribution in [0, 0.1) is 6.92 Å². The molecule has 108 valence electrons. The van der Waals surface area contributed by atoms with Gasteiger partial charge in [0.25, 0.3) is 5.91 Å². The molecule has 0 aromatic heterocycles. The Morgan fingerprint density at radius 3 is 2.45 bits per heavy atom. The molecule has 1 aliphatic heterocycles. The lowest BCUT2D eigenvalue weighted by Crippen LogP contribution is -2.58. The molecule has 4 heteroatoms. The van der Waals surface area contributed by atoms with E-state index >= 15 is 0 Å². The van der Waals surface area contributed by atoms with Crippen LogP contribution in [0.3, 0.4) is 0 Å². The molecule has 4 nitrogen and oxygen atoms in total. The molecule has 2 rings (SSSR count). The summed E-state index contributed by atoms with van der Waals surface area (Å²) in [5.41, 5.74) is 1.52. The molecule has 0 aliphatic carbocycles. The van der Waals surface area contributed by atoms with Gasteiger partial charge in [0.15, 0.2) is 0 Å². The summed E-state index contributed by atoms with van der Waals surface area (Å²) in [6.07, 6.45) is 0. The van der Waals surface area contributed by atoms with Crippen LogP contribution >= 0.6 is 0 Å². The van der Waals surface area contributed by atoms with E-state index in [-0.39, 0.29) is 23.9 Å². The second-order valence-electron chi connectivity index (χ2n) is 6.31. The third-order valence-corrected chi connectivity index (χ3v) is 3.58. The fraction of sp³-hybridized carbons (Fsp3) is 0.500. The van der Waals surface area contributed by atoms with E-state index in [9.17, 15) is 9.59 Å². The quantitative estimate of drug-likeness (QED) is 0.786. The molecule has 1 saturated heterocycles. The van der Waals surface area contributed by atoms with E-state index in [0.717, 1.165) is 5.56 Å². The summed E-state index contributed by atoms with van der Waals surface area (Å²) in [6.45, 7) is 9.37. The van der Waals surface area contributed by atoms with Crippen LogP contribution in [0.5, 0.6) is 0 Å². The molecule has 1 aromatic carbocycles. The number of nitrogens with zero attached hydrogens (tertiary/aromatic N) is 2. The van der Waals surface area contributed by atoms with Crippen molar-refractivity contribution in [3.8, 4) is 0 Å². The maximum Gasteiger partial charge on any atom is 0.254 e. The number of rotatable bonds is 1. The number of hydrogen-bond acceptors (Lipinski definition) is 2. The fourth-order valence-electron chi connectivity index (χ4n) is 2.52. The maximum absolute atomic E-state index is 12.4. The molecule has 0 atom stereocenters. The first-order valence-electron chi connectivity index (χ1n) is 6.95. The minimum absolute atomic E-state index is 0.0183. The van der Waals surface area contributed by atoms with Crippen LogP contribution in [0.2, 0.25) is 0 Å². The highest BCUT2D eigenvalue weighted by molar-refractivity contribution is 5.97. The standard InChI is InChI=1S/C16H22N2O2/c1-12-6-5-7-13(10-12)15(20)17-8-9-18(14(19)11-17)16(2,3)4/h5-7,10H,8-9,11H2,1-4H3. The topological polar surface area (TPSA) is 40.6 Å². The fourth-order valence-corrected chi connectivity index (χ4v) is 2.52. The van der Waals surface area contributed by atoms with E-state index in [1.807, 2.05) is 50.8 Å². The smallest absolute Gasteiger partial charge is 0.254 e. The van der Waals surface area contributed by atoms with Crippen LogP contribution < -0.4 is 0 Å². The van der Waals surface area contributed by atoms with Gasteiger partial charge in [-0.25, -0.2) is 0 Å². The van der Waals surface area contributed by atoms with Crippen LogP contribution in [0.25, 0.3) is 0 Å². The van der Waals surface area contributed by atoms with Gasteiger partial charge in [-0.05, 0) is 39.8 Å². The number of piperazine rings is 1. The average Bonchev–Trinajstić information content (AvgIpc) is 2.36. The van der Waals surface area contributed by atoms with E-state index < -0.39 is 0 Å². The largest absolute Gasteiger partial charge is 0.335 e. The van der Waals surface area contributed by atoms with Crippen molar-refractivity contribution in [1.29, 1.82) is 0 Å². The highest BCUT2D eigenvalue weighted by Gasteiger charge is 2.33. The van der Waals surface area contributed by atoms with Crippen LogP contribution in [0.15, 0.2) is 24.3 Å². The Morgan fingerprint density at radius 2 is 1.90 bits per heavy atom. The van der Waals surface area contributed by atoms with E-state index in [1.165, 1.54) is 0 Å². The second-order valence-corrected chi connectivity index (χ2v) is 6.31. The van der Waals surface area contributed by atoms with Gasteiger partial charge < -0.3 is 9.80 Å². The summed E-state index contributed by atoms with van der Waals surface area (Å²) in [5, 5.41) is 0. The van der Waals surface area contributed by atoms with Crippen molar-refractivity contribution < 1.29 is 9.59 Å². The number of hydrogen-bond donors (Lipinski definition) is 0. The molecule has 0 spiro atoms. The average molecular weight is 274 g/mol. The predicted molar refractivity (Wildman–Crippen MR) is 78.5 cm³/mol. The zero-order valence-electron chi connectivity index (χ0n) is 12.6. The van der Waals surface area contributed by atoms with Crippen molar-refractivity contribution in [1.82, 2.24) is 9.80 Å². The Balaban J connectivity index is 2.10. The lowest BCUT2D eigenvalue weighted by atomic mass is 10.0. The van der Waals surface area contributed by atoms with Crippen molar-refractivity contribution in [2.24, 2.45) is 0 Å². The van der Waals surface area contributed by atoms with E-state index in [2.05, 4.69) is 0 Å². The first-order valence-corrected chi connectivity index (χ1v) is 6.95. The van der Waals surface area contributed by atoms with Crippen molar-refractivity contribution in [3.05, 3.63) is 35.4 Å². The Kier molecular flexibility index (Phi) is 3.84. The van der Waals surface area contributed by atoms with Gasteiger partial charge in [0.2, 0.25) is 5.91 Å². The Morgan fingerprint density at radius 1 is 1.20 bits per heavy atom. The van der Waals surface area contributed by atoms with Crippen molar-refractivity contribution in [2.45, 2.75) is 33.2 Å². The second kappa shape index (κ2) is 5.27. The Hall–Kier alpha value is -1.84. The number of benzene rings is 1. The summed E-state index contributed by atoms with van der Waals surface area (Å²) in [5.74, 6) is -0.0413. The lowest BCUT2D eigenvalue weighted by Gasteiger charge is -2.42. The van der Waals surface area contributed by atoms with E-state index in [4.69, 9.17) is 0 Å². The lowest BCUT2D eigenvalue weighted by molar-refractivity contribution is -0.140. The van der Waals surface area contributed by atoms with Crippen molar-refractivity contribution in [3.63, 3.8) is 0 Å². The van der Waals surface area contributed by atoms with Gasteiger partial charge in [-0.1, -0.05) is 17.7 Å². The first kappa shape index (κ1) is 14.6. The van der Waals surface area contributed by atoms with E-state index in [1.54, 1.807) is 11.0 Å². The predicted octanol–water partition coefficient (Wildman–Crippen LogP) is 2.08. The van der Waals surface area contributed by atoms with Crippen molar-refractivity contribution >= 4 is 11.8 Å². The summed E-state index contributed by atoms with van der Waals surface area (Å²) < 4.78 is 0. The minimum atomic E-state index is -0.185. The van der Waals surface area contributed by atoms with Crippen molar-refractivity contribution in [2.75, 3.05) is 19.6 Å². The molecule has 1 aliphatic rings. The monoisotopic (exact) mass is 274 g/mol.